The van der Waals surface area contributed by atoms with Gasteiger partial charge in [0.05, 0.1) is 6.42 Å². The van der Waals surface area contributed by atoms with Gasteiger partial charge in [0.25, 0.3) is 11.5 Å². The summed E-state index contributed by atoms with van der Waals surface area (Å²) in [5.74, 6) is 4.53. The van der Waals surface area contributed by atoms with Crippen molar-refractivity contribution in [3.8, 4) is 5.75 Å². The first kappa shape index (κ1) is 31.7. The summed E-state index contributed by atoms with van der Waals surface area (Å²) in [6.07, 6.45) is 0.684. The third kappa shape index (κ3) is 11.0. The number of nitrogens with zero attached hydrogens (tertiary/aromatic N) is 3. The number of nitrogens with one attached hydrogen (secondary N) is 2. The summed E-state index contributed by atoms with van der Waals surface area (Å²) in [5, 5.41) is 6.56. The number of nitrogens with two attached hydrogens (primary N) is 2. The fourth-order valence-electron chi connectivity index (χ4n) is 3.78. The zero-order valence-electron chi connectivity index (χ0n) is 22.9. The molecule has 14 heteroatoms. The maximum Gasteiger partial charge on any atom is 0.573 e. The Bertz CT molecular complexity index is 1460. The van der Waals surface area contributed by atoms with E-state index in [9.17, 15) is 27.6 Å². The molecular formula is C28H32F3N7O4. The summed E-state index contributed by atoms with van der Waals surface area (Å²) < 4.78 is 42.6. The SMILES string of the molecule is Cc1ccc(CNC(=O)/C(N)=C/N(N)CCCCn2ccc(NC(=O)Cc3cccc(OC(F)(F)F)c3)cc2=O)cn1. The summed E-state index contributed by atoms with van der Waals surface area (Å²) in [4.78, 5) is 41.2. The van der Waals surface area contributed by atoms with E-state index < -0.39 is 23.9 Å². The molecule has 2 heterocycles. The number of aryl methyl sites for hydroxylation is 2. The lowest BCUT2D eigenvalue weighted by Crippen LogP contribution is -2.33. The zero-order valence-corrected chi connectivity index (χ0v) is 22.9. The van der Waals surface area contributed by atoms with E-state index in [-0.39, 0.29) is 29.9 Å². The van der Waals surface area contributed by atoms with Gasteiger partial charge < -0.3 is 30.7 Å². The van der Waals surface area contributed by atoms with E-state index in [2.05, 4.69) is 20.4 Å². The number of alkyl halides is 3. The Morgan fingerprint density at radius 1 is 1.12 bits per heavy atom. The fourth-order valence-corrected chi connectivity index (χ4v) is 3.78. The van der Waals surface area contributed by atoms with Gasteiger partial charge in [0.15, 0.2) is 0 Å². The van der Waals surface area contributed by atoms with Gasteiger partial charge in [-0.3, -0.25) is 19.4 Å². The molecule has 6 N–H and O–H groups in total. The largest absolute Gasteiger partial charge is 0.573 e. The van der Waals surface area contributed by atoms with Crippen LogP contribution in [0.3, 0.4) is 0 Å². The minimum Gasteiger partial charge on any atom is -0.406 e. The third-order valence-electron chi connectivity index (χ3n) is 5.83. The number of carbonyl (C=O) groups is 2. The number of hydrazine groups is 1. The Morgan fingerprint density at radius 3 is 2.60 bits per heavy atom. The van der Waals surface area contributed by atoms with E-state index in [1.807, 2.05) is 19.1 Å². The molecular weight excluding hydrogens is 555 g/mol. The second-order valence-electron chi connectivity index (χ2n) is 9.39. The van der Waals surface area contributed by atoms with Gasteiger partial charge in [-0.25, -0.2) is 5.84 Å². The molecule has 1 aromatic carbocycles. The molecule has 0 bridgehead atoms. The highest BCUT2D eigenvalue weighted by Crippen LogP contribution is 2.23. The van der Waals surface area contributed by atoms with Crippen molar-refractivity contribution in [3.63, 3.8) is 0 Å². The van der Waals surface area contributed by atoms with Crippen LogP contribution in [0.4, 0.5) is 18.9 Å². The normalized spacial score (nSPS) is 11.6. The second-order valence-corrected chi connectivity index (χ2v) is 9.39. The van der Waals surface area contributed by atoms with Gasteiger partial charge in [-0.1, -0.05) is 18.2 Å². The minimum absolute atomic E-state index is 0.0474. The standard InChI is InChI=1S/C28H32F3N7O4/c1-19-7-8-21(16-34-19)17-35-27(41)24(32)18-38(33)11-3-2-10-37-12-9-22(15-26(37)40)36-25(39)14-20-5-4-6-23(13-20)42-28(29,30)31/h4-9,12-13,15-16,18H,2-3,10-11,14,17,32-33H2,1H3,(H,35,41)(H,36,39)/b24-18-. The van der Waals surface area contributed by atoms with Crippen LogP contribution < -0.4 is 32.5 Å². The highest BCUT2D eigenvalue weighted by atomic mass is 19.4. The Balaban J connectivity index is 1.40. The van der Waals surface area contributed by atoms with Crippen molar-refractivity contribution in [2.24, 2.45) is 11.6 Å². The Kier molecular flexibility index (Phi) is 11.1. The molecule has 3 aromatic rings. The third-order valence-corrected chi connectivity index (χ3v) is 5.83. The van der Waals surface area contributed by atoms with Gasteiger partial charge in [0.2, 0.25) is 5.91 Å². The number of hydrogen-bond donors (Lipinski definition) is 4. The molecule has 2 aromatic heterocycles. The number of benzene rings is 1. The smallest absolute Gasteiger partial charge is 0.406 e. The summed E-state index contributed by atoms with van der Waals surface area (Å²) in [6, 6.07) is 11.6. The Morgan fingerprint density at radius 2 is 1.90 bits per heavy atom. The summed E-state index contributed by atoms with van der Waals surface area (Å²) in [6.45, 7) is 2.91. The predicted molar refractivity (Wildman–Crippen MR) is 149 cm³/mol. The van der Waals surface area contributed by atoms with Crippen LogP contribution in [0.1, 0.15) is 29.7 Å². The number of aromatic nitrogens is 2. The van der Waals surface area contributed by atoms with Crippen molar-refractivity contribution < 1.29 is 27.5 Å². The molecule has 0 spiro atoms. The van der Waals surface area contributed by atoms with Gasteiger partial charge in [-0.15, -0.1) is 13.2 Å². The van der Waals surface area contributed by atoms with E-state index in [4.69, 9.17) is 11.6 Å². The number of rotatable bonds is 13. The van der Waals surface area contributed by atoms with Crippen LogP contribution in [-0.4, -0.2) is 39.3 Å². The molecule has 0 aliphatic heterocycles. The number of ether oxygens (including phenoxy) is 1. The topological polar surface area (TPSA) is 158 Å². The maximum atomic E-state index is 12.5. The molecule has 2 amide bonds. The van der Waals surface area contributed by atoms with Crippen LogP contribution >= 0.6 is 0 Å². The van der Waals surface area contributed by atoms with Crippen LogP contribution in [0.25, 0.3) is 0 Å². The Labute approximate surface area is 239 Å². The van der Waals surface area contributed by atoms with Crippen LogP contribution in [0.5, 0.6) is 5.75 Å². The number of amides is 2. The first-order valence-corrected chi connectivity index (χ1v) is 12.9. The van der Waals surface area contributed by atoms with Crippen LogP contribution in [0.15, 0.2) is 77.6 Å². The van der Waals surface area contributed by atoms with E-state index in [1.54, 1.807) is 12.3 Å². The summed E-state index contributed by atoms with van der Waals surface area (Å²) in [5.41, 5.74) is 7.72. The highest BCUT2D eigenvalue weighted by molar-refractivity contribution is 5.92. The van der Waals surface area contributed by atoms with E-state index >= 15 is 0 Å². The average molecular weight is 588 g/mol. The quantitative estimate of drug-likeness (QED) is 0.103. The number of unbranched alkanes of at least 4 members (excludes halogenated alkanes) is 1. The van der Waals surface area contributed by atoms with Crippen molar-refractivity contribution in [1.82, 2.24) is 19.9 Å². The number of anilines is 1. The molecule has 0 aliphatic carbocycles. The van der Waals surface area contributed by atoms with Crippen molar-refractivity contribution in [2.45, 2.75) is 45.6 Å². The summed E-state index contributed by atoms with van der Waals surface area (Å²) >= 11 is 0. The highest BCUT2D eigenvalue weighted by Gasteiger charge is 2.31. The van der Waals surface area contributed by atoms with Gasteiger partial charge in [0.1, 0.15) is 11.4 Å². The molecule has 0 atom stereocenters. The average Bonchev–Trinajstić information content (AvgIpc) is 2.90. The monoisotopic (exact) mass is 587 g/mol. The second kappa shape index (κ2) is 14.7. The molecule has 0 radical (unpaired) electrons. The van der Waals surface area contributed by atoms with Gasteiger partial charge in [-0.05, 0) is 55.2 Å². The Hall–Kier alpha value is -4.85. The van der Waals surface area contributed by atoms with E-state index in [0.717, 1.165) is 23.4 Å². The zero-order chi connectivity index (χ0) is 30.7. The number of halogens is 3. The van der Waals surface area contributed by atoms with Crippen LogP contribution in [0.2, 0.25) is 0 Å². The fraction of sp³-hybridized carbons (Fsp3) is 0.286. The van der Waals surface area contributed by atoms with E-state index in [1.165, 1.54) is 40.2 Å². The first-order chi connectivity index (χ1) is 19.9. The summed E-state index contributed by atoms with van der Waals surface area (Å²) in [7, 11) is 0. The molecule has 0 fully saturated rings. The van der Waals surface area contributed by atoms with Crippen LogP contribution in [-0.2, 0) is 29.1 Å². The number of carbonyl (C=O) groups excluding carboxylic acids is 2. The van der Waals surface area contributed by atoms with Crippen molar-refractivity contribution in [1.29, 1.82) is 0 Å². The molecule has 0 aliphatic rings. The number of pyridine rings is 2. The molecule has 11 nitrogen and oxygen atoms in total. The molecule has 3 rings (SSSR count). The molecule has 0 unspecified atom stereocenters. The van der Waals surface area contributed by atoms with Crippen molar-refractivity contribution in [3.05, 3.63) is 100.0 Å². The van der Waals surface area contributed by atoms with Gasteiger partial charge >= 0.3 is 6.36 Å². The molecule has 0 saturated heterocycles. The molecule has 0 saturated carbocycles. The predicted octanol–water partition coefficient (Wildman–Crippen LogP) is 2.70. The van der Waals surface area contributed by atoms with Crippen LogP contribution in [0, 0.1) is 6.92 Å². The lowest BCUT2D eigenvalue weighted by molar-refractivity contribution is -0.274. The van der Waals surface area contributed by atoms with E-state index in [0.29, 0.717) is 31.5 Å². The van der Waals surface area contributed by atoms with Crippen molar-refractivity contribution in [2.75, 3.05) is 11.9 Å². The van der Waals surface area contributed by atoms with Crippen molar-refractivity contribution >= 4 is 17.5 Å². The molecule has 42 heavy (non-hydrogen) atoms. The first-order valence-electron chi connectivity index (χ1n) is 12.9. The van der Waals surface area contributed by atoms with Gasteiger partial charge in [0, 0.05) is 55.7 Å². The lowest BCUT2D eigenvalue weighted by atomic mass is 10.1. The maximum absolute atomic E-state index is 12.5. The number of hydrogen-bond acceptors (Lipinski definition) is 8. The minimum atomic E-state index is -4.84. The van der Waals surface area contributed by atoms with Gasteiger partial charge in [-0.2, -0.15) is 0 Å². The lowest BCUT2D eigenvalue weighted by Gasteiger charge is -2.15. The molecule has 224 valence electrons.